The minimum atomic E-state index is -4.36. The van der Waals surface area contributed by atoms with Gasteiger partial charge in [0.15, 0.2) is 0 Å². The van der Waals surface area contributed by atoms with Crippen LogP contribution in [0, 0.1) is 0 Å². The number of rotatable bonds is 6. The Bertz CT molecular complexity index is 854. The van der Waals surface area contributed by atoms with Crippen LogP contribution in [0.3, 0.4) is 0 Å². The zero-order chi connectivity index (χ0) is 18.7. The Kier molecular flexibility index (Phi) is 5.08. The molecule has 138 valence electrons. The van der Waals surface area contributed by atoms with E-state index in [-0.39, 0.29) is 5.82 Å². The van der Waals surface area contributed by atoms with Crippen LogP contribution >= 0.6 is 0 Å². The quantitative estimate of drug-likeness (QED) is 0.672. The van der Waals surface area contributed by atoms with E-state index in [9.17, 15) is 13.2 Å². The molecule has 0 N–H and O–H groups in total. The molecule has 0 aliphatic heterocycles. The van der Waals surface area contributed by atoms with Gasteiger partial charge >= 0.3 is 6.18 Å². The van der Waals surface area contributed by atoms with Crippen molar-refractivity contribution in [2.75, 3.05) is 13.6 Å². The molecule has 0 fully saturated rings. The Balaban J connectivity index is 1.58. The van der Waals surface area contributed by atoms with Crippen molar-refractivity contribution >= 4 is 0 Å². The van der Waals surface area contributed by atoms with Crippen LogP contribution < -0.4 is 0 Å². The summed E-state index contributed by atoms with van der Waals surface area (Å²) in [5.74, 6) is 0.683. The maximum absolute atomic E-state index is 12.6. The van der Waals surface area contributed by atoms with Gasteiger partial charge in [-0.25, -0.2) is 0 Å². The lowest BCUT2D eigenvalue weighted by Gasteiger charge is -2.12. The lowest BCUT2D eigenvalue weighted by molar-refractivity contribution is -0.137. The number of aromatic nitrogens is 4. The number of benzene rings is 1. The molecule has 0 unspecified atom stereocenters. The number of hydrogen-bond acceptors (Lipinski definition) is 5. The molecule has 0 atom stereocenters. The van der Waals surface area contributed by atoms with E-state index < -0.39 is 11.7 Å². The maximum atomic E-state index is 12.6. The van der Waals surface area contributed by atoms with Gasteiger partial charge in [0.25, 0.3) is 0 Å². The lowest BCUT2D eigenvalue weighted by Crippen LogP contribution is -2.20. The summed E-state index contributed by atoms with van der Waals surface area (Å²) in [5, 5.41) is 7.97. The summed E-state index contributed by atoms with van der Waals surface area (Å²) in [6.45, 7) is 1.23. The highest BCUT2D eigenvalue weighted by atomic mass is 19.4. The molecule has 0 spiro atoms. The Labute approximate surface area is 148 Å². The molecule has 3 aromatic rings. The normalized spacial score (nSPS) is 12.1. The van der Waals surface area contributed by atoms with Gasteiger partial charge in [0.1, 0.15) is 0 Å². The molecular weight excluding hydrogens is 347 g/mol. The van der Waals surface area contributed by atoms with E-state index >= 15 is 0 Å². The second kappa shape index (κ2) is 7.28. The van der Waals surface area contributed by atoms with Crippen molar-refractivity contribution in [1.82, 2.24) is 24.8 Å². The van der Waals surface area contributed by atoms with Crippen molar-refractivity contribution in [2.45, 2.75) is 19.1 Å². The van der Waals surface area contributed by atoms with Crippen LogP contribution in [0.4, 0.5) is 13.2 Å². The number of halogens is 3. The summed E-state index contributed by atoms with van der Waals surface area (Å²) in [4.78, 5) is 6.28. The Morgan fingerprint density at radius 2 is 1.92 bits per heavy atom. The summed E-state index contributed by atoms with van der Waals surface area (Å²) in [6, 6.07) is 4.68. The molecule has 0 saturated carbocycles. The summed E-state index contributed by atoms with van der Waals surface area (Å²) in [6.07, 6.45) is 0.259. The predicted octanol–water partition coefficient (Wildman–Crippen LogP) is 3.16. The number of hydrogen-bond donors (Lipinski definition) is 0. The van der Waals surface area contributed by atoms with Crippen LogP contribution in [0.2, 0.25) is 0 Å². The minimum absolute atomic E-state index is 0.273. The first kappa shape index (κ1) is 18.1. The molecule has 2 aromatic heterocycles. The molecule has 2 heterocycles. The molecule has 26 heavy (non-hydrogen) atoms. The Morgan fingerprint density at radius 1 is 1.19 bits per heavy atom. The van der Waals surface area contributed by atoms with Gasteiger partial charge in [-0.15, -0.1) is 0 Å². The standard InChI is InChI=1S/C17H18F3N5O/c1-24(8-7-12-9-21-25(2)10-12)11-15-22-16(23-26-15)13-3-5-14(6-4-13)17(18,19)20/h3-6,9-10H,7-8,11H2,1-2H3. The van der Waals surface area contributed by atoms with E-state index in [1.54, 1.807) is 4.68 Å². The largest absolute Gasteiger partial charge is 0.416 e. The topological polar surface area (TPSA) is 60.0 Å². The summed E-state index contributed by atoms with van der Waals surface area (Å²) in [5.41, 5.74) is 0.904. The SMILES string of the molecule is CN(CCc1cnn(C)c1)Cc1nc(-c2ccc(C(F)(F)F)cc2)no1. The Hall–Kier alpha value is -2.68. The van der Waals surface area contributed by atoms with Gasteiger partial charge in [-0.3, -0.25) is 9.58 Å². The summed E-state index contributed by atoms with van der Waals surface area (Å²) in [7, 11) is 3.80. The summed E-state index contributed by atoms with van der Waals surface area (Å²) >= 11 is 0. The van der Waals surface area contributed by atoms with E-state index in [0.29, 0.717) is 18.0 Å². The van der Waals surface area contributed by atoms with Crippen LogP contribution in [0.5, 0.6) is 0 Å². The highest BCUT2D eigenvalue weighted by molar-refractivity contribution is 5.54. The van der Waals surface area contributed by atoms with E-state index in [1.165, 1.54) is 12.1 Å². The van der Waals surface area contributed by atoms with Gasteiger partial charge in [-0.05, 0) is 31.2 Å². The average molecular weight is 365 g/mol. The monoisotopic (exact) mass is 365 g/mol. The number of nitrogens with zero attached hydrogens (tertiary/aromatic N) is 5. The fourth-order valence-electron chi connectivity index (χ4n) is 2.48. The van der Waals surface area contributed by atoms with Gasteiger partial charge in [0, 0.05) is 25.4 Å². The van der Waals surface area contributed by atoms with E-state index in [1.807, 2.05) is 31.4 Å². The third-order valence-electron chi connectivity index (χ3n) is 3.88. The van der Waals surface area contributed by atoms with Crippen molar-refractivity contribution in [2.24, 2.45) is 7.05 Å². The smallest absolute Gasteiger partial charge is 0.338 e. The first-order valence-corrected chi connectivity index (χ1v) is 7.97. The number of aryl methyl sites for hydroxylation is 1. The average Bonchev–Trinajstić information content (AvgIpc) is 3.21. The Morgan fingerprint density at radius 3 is 2.54 bits per heavy atom. The van der Waals surface area contributed by atoms with Crippen LogP contribution in [0.25, 0.3) is 11.4 Å². The highest BCUT2D eigenvalue weighted by Crippen LogP contribution is 2.30. The van der Waals surface area contributed by atoms with Crippen molar-refractivity contribution in [3.05, 3.63) is 53.7 Å². The van der Waals surface area contributed by atoms with Gasteiger partial charge in [0.2, 0.25) is 11.7 Å². The molecule has 0 amide bonds. The molecule has 0 aliphatic rings. The van der Waals surface area contributed by atoms with Crippen molar-refractivity contribution in [3.8, 4) is 11.4 Å². The fraction of sp³-hybridized carbons (Fsp3) is 0.353. The van der Waals surface area contributed by atoms with Crippen molar-refractivity contribution in [3.63, 3.8) is 0 Å². The first-order chi connectivity index (χ1) is 12.3. The third-order valence-corrected chi connectivity index (χ3v) is 3.88. The zero-order valence-corrected chi connectivity index (χ0v) is 14.4. The maximum Gasteiger partial charge on any atom is 0.416 e. The molecule has 6 nitrogen and oxygen atoms in total. The second-order valence-electron chi connectivity index (χ2n) is 6.10. The van der Waals surface area contributed by atoms with Gasteiger partial charge in [-0.2, -0.15) is 23.3 Å². The molecule has 0 bridgehead atoms. The van der Waals surface area contributed by atoms with Crippen LogP contribution in [0.1, 0.15) is 17.0 Å². The third kappa shape index (κ3) is 4.48. The molecule has 0 radical (unpaired) electrons. The predicted molar refractivity (Wildman–Crippen MR) is 88.0 cm³/mol. The minimum Gasteiger partial charge on any atom is -0.338 e. The zero-order valence-electron chi connectivity index (χ0n) is 14.4. The number of likely N-dealkylation sites (N-methyl/N-ethyl adjacent to an activating group) is 1. The molecule has 0 saturated heterocycles. The molecule has 1 aromatic carbocycles. The highest BCUT2D eigenvalue weighted by Gasteiger charge is 2.30. The van der Waals surface area contributed by atoms with E-state index in [0.717, 1.165) is 30.7 Å². The van der Waals surface area contributed by atoms with E-state index in [2.05, 4.69) is 15.2 Å². The number of alkyl halides is 3. The summed E-state index contributed by atoms with van der Waals surface area (Å²) < 4.78 is 44.8. The van der Waals surface area contributed by atoms with Crippen molar-refractivity contribution < 1.29 is 17.7 Å². The van der Waals surface area contributed by atoms with E-state index in [4.69, 9.17) is 4.52 Å². The molecular formula is C17H18F3N5O. The molecule has 3 rings (SSSR count). The molecule has 9 heteroatoms. The molecule has 0 aliphatic carbocycles. The van der Waals surface area contributed by atoms with Gasteiger partial charge in [-0.1, -0.05) is 17.3 Å². The van der Waals surface area contributed by atoms with Gasteiger partial charge < -0.3 is 4.52 Å². The second-order valence-corrected chi connectivity index (χ2v) is 6.10. The van der Waals surface area contributed by atoms with Crippen LogP contribution in [-0.4, -0.2) is 38.4 Å². The van der Waals surface area contributed by atoms with Crippen molar-refractivity contribution in [1.29, 1.82) is 0 Å². The fourth-order valence-corrected chi connectivity index (χ4v) is 2.48. The van der Waals surface area contributed by atoms with Gasteiger partial charge in [0.05, 0.1) is 18.3 Å². The van der Waals surface area contributed by atoms with Crippen LogP contribution in [-0.2, 0) is 26.2 Å². The lowest BCUT2D eigenvalue weighted by atomic mass is 10.1. The van der Waals surface area contributed by atoms with Crippen LogP contribution in [0.15, 0.2) is 41.2 Å². The first-order valence-electron chi connectivity index (χ1n) is 7.97.